The van der Waals surface area contributed by atoms with Crippen LogP contribution >= 0.6 is 27.5 Å². The third-order valence-corrected chi connectivity index (χ3v) is 4.89. The van der Waals surface area contributed by atoms with Gasteiger partial charge in [0.15, 0.2) is 0 Å². The van der Waals surface area contributed by atoms with Crippen molar-refractivity contribution in [3.63, 3.8) is 0 Å². The van der Waals surface area contributed by atoms with E-state index in [2.05, 4.69) is 33.4 Å². The first kappa shape index (κ1) is 14.9. The minimum atomic E-state index is 0.105. The maximum absolute atomic E-state index is 6.36. The molecule has 0 spiro atoms. The molecule has 1 saturated heterocycles. The van der Waals surface area contributed by atoms with Crippen LogP contribution in [0.3, 0.4) is 0 Å². The molecule has 0 saturated carbocycles. The molecule has 1 aliphatic heterocycles. The van der Waals surface area contributed by atoms with Crippen LogP contribution in [0.1, 0.15) is 12.0 Å². The van der Waals surface area contributed by atoms with E-state index < -0.39 is 0 Å². The quantitative estimate of drug-likeness (QED) is 0.846. The van der Waals surface area contributed by atoms with Gasteiger partial charge in [-0.25, -0.2) is 0 Å². The van der Waals surface area contributed by atoms with Crippen molar-refractivity contribution in [2.75, 3.05) is 19.7 Å². The highest BCUT2D eigenvalue weighted by atomic mass is 79.9. The average molecular weight is 367 g/mol. The Bertz CT molecular complexity index is 610. The Morgan fingerprint density at radius 2 is 1.81 bits per heavy atom. The van der Waals surface area contributed by atoms with Crippen LogP contribution in [0.2, 0.25) is 5.02 Å². The second-order valence-electron chi connectivity index (χ2n) is 5.42. The fourth-order valence-corrected chi connectivity index (χ4v) is 3.32. The maximum Gasteiger partial charge on any atom is 0.119 e. The number of nitrogens with one attached hydrogen (secondary N) is 1. The van der Waals surface area contributed by atoms with Crippen LogP contribution in [0.5, 0.6) is 5.75 Å². The Morgan fingerprint density at radius 3 is 2.43 bits per heavy atom. The van der Waals surface area contributed by atoms with Crippen molar-refractivity contribution in [3.8, 4) is 5.75 Å². The predicted octanol–water partition coefficient (Wildman–Crippen LogP) is 4.41. The van der Waals surface area contributed by atoms with Crippen molar-refractivity contribution in [2.24, 2.45) is 0 Å². The van der Waals surface area contributed by atoms with Gasteiger partial charge in [0, 0.05) is 28.0 Å². The molecule has 2 aromatic carbocycles. The standard InChI is InChI=1S/C17H17BrClNO/c18-13-5-7-14(8-6-13)21-10-9-17(11-20-12-17)15-3-1-2-4-16(15)19/h1-8,20H,9-12H2. The lowest BCUT2D eigenvalue weighted by Gasteiger charge is -2.43. The van der Waals surface area contributed by atoms with Gasteiger partial charge in [-0.2, -0.15) is 0 Å². The van der Waals surface area contributed by atoms with Crippen molar-refractivity contribution >= 4 is 27.5 Å². The third kappa shape index (κ3) is 3.25. The van der Waals surface area contributed by atoms with Gasteiger partial charge in [0.2, 0.25) is 0 Å². The van der Waals surface area contributed by atoms with E-state index in [0.29, 0.717) is 6.61 Å². The molecular formula is C17H17BrClNO. The van der Waals surface area contributed by atoms with E-state index >= 15 is 0 Å². The van der Waals surface area contributed by atoms with Crippen LogP contribution < -0.4 is 10.1 Å². The van der Waals surface area contributed by atoms with E-state index in [4.69, 9.17) is 16.3 Å². The SMILES string of the molecule is Clc1ccccc1C1(CCOc2ccc(Br)cc2)CNC1. The first-order valence-corrected chi connectivity index (χ1v) is 8.21. The molecule has 0 amide bonds. The molecule has 4 heteroatoms. The zero-order valence-electron chi connectivity index (χ0n) is 11.6. The molecule has 1 aliphatic rings. The third-order valence-electron chi connectivity index (χ3n) is 4.03. The molecule has 0 radical (unpaired) electrons. The van der Waals surface area contributed by atoms with Gasteiger partial charge in [0.05, 0.1) is 6.61 Å². The average Bonchev–Trinajstić information content (AvgIpc) is 2.45. The summed E-state index contributed by atoms with van der Waals surface area (Å²) in [6, 6.07) is 16.1. The fraction of sp³-hybridized carbons (Fsp3) is 0.294. The van der Waals surface area contributed by atoms with Crippen LogP contribution in [0, 0.1) is 0 Å². The van der Waals surface area contributed by atoms with E-state index in [-0.39, 0.29) is 5.41 Å². The minimum Gasteiger partial charge on any atom is -0.494 e. The Balaban J connectivity index is 1.65. The van der Waals surface area contributed by atoms with Crippen molar-refractivity contribution in [1.82, 2.24) is 5.32 Å². The van der Waals surface area contributed by atoms with Crippen LogP contribution in [0.15, 0.2) is 53.0 Å². The maximum atomic E-state index is 6.36. The van der Waals surface area contributed by atoms with Gasteiger partial charge in [-0.05, 0) is 42.3 Å². The van der Waals surface area contributed by atoms with Crippen molar-refractivity contribution < 1.29 is 4.74 Å². The number of hydrogen-bond donors (Lipinski definition) is 1. The van der Waals surface area contributed by atoms with E-state index in [1.807, 2.05) is 36.4 Å². The Labute approximate surface area is 138 Å². The summed E-state index contributed by atoms with van der Waals surface area (Å²) in [4.78, 5) is 0. The highest BCUT2D eigenvalue weighted by Crippen LogP contribution is 2.36. The van der Waals surface area contributed by atoms with Crippen molar-refractivity contribution in [3.05, 3.63) is 63.6 Å². The molecular weight excluding hydrogens is 350 g/mol. The molecule has 1 N–H and O–H groups in total. The largest absolute Gasteiger partial charge is 0.494 e. The molecule has 0 unspecified atom stereocenters. The molecule has 3 rings (SSSR count). The highest BCUT2D eigenvalue weighted by molar-refractivity contribution is 9.10. The molecule has 0 aromatic heterocycles. The normalized spacial score (nSPS) is 16.3. The summed E-state index contributed by atoms with van der Waals surface area (Å²) in [5, 5.41) is 4.21. The zero-order chi connectivity index (χ0) is 14.7. The minimum absolute atomic E-state index is 0.105. The summed E-state index contributed by atoms with van der Waals surface area (Å²) in [6.07, 6.45) is 0.958. The molecule has 1 heterocycles. The Morgan fingerprint density at radius 1 is 1.10 bits per heavy atom. The first-order valence-electron chi connectivity index (χ1n) is 7.04. The molecule has 1 fully saturated rings. The fourth-order valence-electron chi connectivity index (χ4n) is 2.72. The topological polar surface area (TPSA) is 21.3 Å². The zero-order valence-corrected chi connectivity index (χ0v) is 14.0. The van der Waals surface area contributed by atoms with Gasteiger partial charge in [-0.1, -0.05) is 45.7 Å². The van der Waals surface area contributed by atoms with Gasteiger partial charge in [-0.3, -0.25) is 0 Å². The molecule has 0 bridgehead atoms. The number of ether oxygens (including phenoxy) is 1. The van der Waals surface area contributed by atoms with E-state index in [1.165, 1.54) is 5.56 Å². The lowest BCUT2D eigenvalue weighted by atomic mass is 9.73. The van der Waals surface area contributed by atoms with Gasteiger partial charge in [0.25, 0.3) is 0 Å². The van der Waals surface area contributed by atoms with Crippen LogP contribution in [-0.4, -0.2) is 19.7 Å². The summed E-state index contributed by atoms with van der Waals surface area (Å²) in [5.74, 6) is 0.903. The summed E-state index contributed by atoms with van der Waals surface area (Å²) in [6.45, 7) is 2.61. The summed E-state index contributed by atoms with van der Waals surface area (Å²) in [7, 11) is 0. The van der Waals surface area contributed by atoms with Crippen LogP contribution in [0.4, 0.5) is 0 Å². The Hall–Kier alpha value is -1.03. The van der Waals surface area contributed by atoms with E-state index in [1.54, 1.807) is 0 Å². The molecule has 2 nitrogen and oxygen atoms in total. The summed E-state index contributed by atoms with van der Waals surface area (Å²) < 4.78 is 6.92. The smallest absolute Gasteiger partial charge is 0.119 e. The van der Waals surface area contributed by atoms with Gasteiger partial charge < -0.3 is 10.1 Å². The summed E-state index contributed by atoms with van der Waals surface area (Å²) in [5.41, 5.74) is 1.33. The lowest BCUT2D eigenvalue weighted by Crippen LogP contribution is -2.57. The monoisotopic (exact) mass is 365 g/mol. The van der Waals surface area contributed by atoms with Crippen molar-refractivity contribution in [2.45, 2.75) is 11.8 Å². The van der Waals surface area contributed by atoms with Gasteiger partial charge in [0.1, 0.15) is 5.75 Å². The number of halogens is 2. The lowest BCUT2D eigenvalue weighted by molar-refractivity contribution is 0.199. The number of rotatable bonds is 5. The van der Waals surface area contributed by atoms with Gasteiger partial charge >= 0.3 is 0 Å². The van der Waals surface area contributed by atoms with Gasteiger partial charge in [-0.15, -0.1) is 0 Å². The second-order valence-corrected chi connectivity index (χ2v) is 6.74. The van der Waals surface area contributed by atoms with Crippen LogP contribution in [-0.2, 0) is 5.41 Å². The molecule has 110 valence electrons. The molecule has 2 aromatic rings. The Kier molecular flexibility index (Phi) is 4.53. The molecule has 0 aliphatic carbocycles. The second kappa shape index (κ2) is 6.39. The van der Waals surface area contributed by atoms with E-state index in [9.17, 15) is 0 Å². The molecule has 0 atom stereocenters. The van der Waals surface area contributed by atoms with E-state index in [0.717, 1.165) is 34.8 Å². The summed E-state index contributed by atoms with van der Waals surface area (Å²) >= 11 is 9.79. The van der Waals surface area contributed by atoms with Crippen LogP contribution in [0.25, 0.3) is 0 Å². The molecule has 21 heavy (non-hydrogen) atoms. The number of hydrogen-bond acceptors (Lipinski definition) is 2. The predicted molar refractivity (Wildman–Crippen MR) is 90.3 cm³/mol. The number of benzene rings is 2. The first-order chi connectivity index (χ1) is 10.2. The van der Waals surface area contributed by atoms with Crippen molar-refractivity contribution in [1.29, 1.82) is 0 Å². The highest BCUT2D eigenvalue weighted by Gasteiger charge is 2.39.